The smallest absolute Gasteiger partial charge is 0.408 e. The van der Waals surface area contributed by atoms with E-state index in [1.807, 2.05) is 24.3 Å². The van der Waals surface area contributed by atoms with E-state index in [2.05, 4.69) is 34.9 Å². The third-order valence-corrected chi connectivity index (χ3v) is 6.58. The number of ether oxygens (including phenoxy) is 3. The Labute approximate surface area is 217 Å². The van der Waals surface area contributed by atoms with Crippen molar-refractivity contribution in [2.75, 3.05) is 33.4 Å². The Morgan fingerprint density at radius 2 is 1.51 bits per heavy atom. The van der Waals surface area contributed by atoms with Gasteiger partial charge in [-0.05, 0) is 49.4 Å². The molecule has 0 spiro atoms. The molecule has 2 N–H and O–H groups in total. The number of benzene rings is 2. The minimum absolute atomic E-state index is 0.0520. The minimum atomic E-state index is -0.681. The largest absolute Gasteiger partial charge is 0.449 e. The molecule has 2 aromatic carbocycles. The molecular formula is C28H35N3O6. The average Bonchev–Trinajstić information content (AvgIpc) is 3.16. The van der Waals surface area contributed by atoms with E-state index in [0.29, 0.717) is 13.0 Å². The van der Waals surface area contributed by atoms with Gasteiger partial charge in [0.1, 0.15) is 18.8 Å². The molecule has 1 saturated heterocycles. The van der Waals surface area contributed by atoms with Gasteiger partial charge in [-0.15, -0.1) is 0 Å². The van der Waals surface area contributed by atoms with E-state index in [1.54, 1.807) is 25.7 Å². The number of fused-ring (bicyclic) bond motifs is 3. The predicted octanol–water partition coefficient (Wildman–Crippen LogP) is 3.67. The van der Waals surface area contributed by atoms with Gasteiger partial charge in [-0.2, -0.15) is 0 Å². The maximum Gasteiger partial charge on any atom is 0.408 e. The Balaban J connectivity index is 1.41. The van der Waals surface area contributed by atoms with Crippen molar-refractivity contribution in [3.05, 3.63) is 59.7 Å². The third kappa shape index (κ3) is 6.40. The molecular weight excluding hydrogens is 474 g/mol. The minimum Gasteiger partial charge on any atom is -0.449 e. The second-order valence-corrected chi connectivity index (χ2v) is 10.4. The van der Waals surface area contributed by atoms with Crippen molar-refractivity contribution >= 4 is 18.1 Å². The molecule has 198 valence electrons. The fourth-order valence-corrected chi connectivity index (χ4v) is 4.96. The summed E-state index contributed by atoms with van der Waals surface area (Å²) in [6, 6.07) is 15.3. The summed E-state index contributed by atoms with van der Waals surface area (Å²) in [5.41, 5.74) is 3.89. The van der Waals surface area contributed by atoms with E-state index in [-0.39, 0.29) is 31.6 Å². The summed E-state index contributed by atoms with van der Waals surface area (Å²) < 4.78 is 16.1. The van der Waals surface area contributed by atoms with Crippen LogP contribution in [-0.4, -0.2) is 74.1 Å². The Hall–Kier alpha value is -3.59. The predicted molar refractivity (Wildman–Crippen MR) is 138 cm³/mol. The van der Waals surface area contributed by atoms with E-state index in [4.69, 9.17) is 14.2 Å². The number of rotatable bonds is 6. The molecule has 37 heavy (non-hydrogen) atoms. The number of nitrogens with one attached hydrogen (secondary N) is 2. The van der Waals surface area contributed by atoms with Crippen LogP contribution in [-0.2, 0) is 19.0 Å². The molecule has 1 fully saturated rings. The molecule has 2 atom stereocenters. The first-order valence-corrected chi connectivity index (χ1v) is 12.5. The Kier molecular flexibility index (Phi) is 8.02. The van der Waals surface area contributed by atoms with Crippen LogP contribution in [0.15, 0.2) is 48.5 Å². The van der Waals surface area contributed by atoms with Crippen molar-refractivity contribution in [3.8, 4) is 11.1 Å². The first kappa shape index (κ1) is 26.5. The van der Waals surface area contributed by atoms with Gasteiger partial charge in [0.2, 0.25) is 5.91 Å². The van der Waals surface area contributed by atoms with Crippen LogP contribution in [0.25, 0.3) is 11.1 Å². The number of likely N-dealkylation sites (tertiary alicyclic amines) is 1. The third-order valence-electron chi connectivity index (χ3n) is 6.58. The molecule has 0 unspecified atom stereocenters. The summed E-state index contributed by atoms with van der Waals surface area (Å²) >= 11 is 0. The lowest BCUT2D eigenvalue weighted by Gasteiger charge is -2.39. The van der Waals surface area contributed by atoms with Gasteiger partial charge in [0, 0.05) is 26.1 Å². The Bertz CT molecular complexity index is 1100. The number of amides is 3. The zero-order chi connectivity index (χ0) is 26.6. The summed E-state index contributed by atoms with van der Waals surface area (Å²) in [4.78, 5) is 39.4. The molecule has 2 aromatic rings. The number of hydrogen-bond donors (Lipinski definition) is 2. The molecule has 9 heteroatoms. The van der Waals surface area contributed by atoms with Crippen LogP contribution in [0, 0.1) is 0 Å². The summed E-state index contributed by atoms with van der Waals surface area (Å²) in [5, 5.41) is 5.71. The van der Waals surface area contributed by atoms with Gasteiger partial charge in [-0.1, -0.05) is 48.5 Å². The van der Waals surface area contributed by atoms with Crippen LogP contribution < -0.4 is 10.6 Å². The molecule has 1 aliphatic heterocycles. The van der Waals surface area contributed by atoms with E-state index < -0.39 is 29.9 Å². The molecule has 1 heterocycles. The number of alkyl carbamates (subject to hydrolysis) is 2. The summed E-state index contributed by atoms with van der Waals surface area (Å²) in [7, 11) is 1.46. The van der Waals surface area contributed by atoms with Gasteiger partial charge in [-0.3, -0.25) is 4.79 Å². The number of nitrogens with zero attached hydrogens (tertiary/aromatic N) is 1. The van der Waals surface area contributed by atoms with Crippen LogP contribution in [0.5, 0.6) is 0 Å². The maximum absolute atomic E-state index is 12.9. The highest BCUT2D eigenvalue weighted by molar-refractivity contribution is 5.79. The lowest BCUT2D eigenvalue weighted by molar-refractivity contribution is -0.136. The number of piperidine rings is 1. The van der Waals surface area contributed by atoms with Gasteiger partial charge in [-0.25, -0.2) is 9.59 Å². The fourth-order valence-electron chi connectivity index (χ4n) is 4.96. The molecule has 3 amide bonds. The van der Waals surface area contributed by atoms with Gasteiger partial charge < -0.3 is 29.7 Å². The van der Waals surface area contributed by atoms with E-state index in [0.717, 1.165) is 22.3 Å². The van der Waals surface area contributed by atoms with Gasteiger partial charge in [0.15, 0.2) is 0 Å². The Morgan fingerprint density at radius 3 is 2.11 bits per heavy atom. The quantitative estimate of drug-likeness (QED) is 0.616. The lowest BCUT2D eigenvalue weighted by atomic mass is 9.98. The summed E-state index contributed by atoms with van der Waals surface area (Å²) in [6.07, 6.45) is -0.738. The van der Waals surface area contributed by atoms with Gasteiger partial charge in [0.05, 0.1) is 12.1 Å². The second kappa shape index (κ2) is 11.2. The monoisotopic (exact) mass is 509 g/mol. The van der Waals surface area contributed by atoms with Crippen molar-refractivity contribution in [2.24, 2.45) is 0 Å². The second-order valence-electron chi connectivity index (χ2n) is 10.4. The number of carbonyl (C=O) groups is 3. The molecule has 9 nitrogen and oxygen atoms in total. The molecule has 2 aliphatic rings. The van der Waals surface area contributed by atoms with Crippen molar-refractivity contribution in [2.45, 2.75) is 50.8 Å². The molecule has 1 aliphatic carbocycles. The summed E-state index contributed by atoms with van der Waals surface area (Å²) in [5.74, 6) is -0.236. The van der Waals surface area contributed by atoms with E-state index >= 15 is 0 Å². The molecule has 0 saturated carbocycles. The van der Waals surface area contributed by atoms with Gasteiger partial charge >= 0.3 is 12.2 Å². The maximum atomic E-state index is 12.9. The van der Waals surface area contributed by atoms with Crippen LogP contribution in [0.3, 0.4) is 0 Å². The van der Waals surface area contributed by atoms with Crippen LogP contribution >= 0.6 is 0 Å². The first-order chi connectivity index (χ1) is 17.7. The molecule has 0 radical (unpaired) electrons. The number of hydrogen-bond acceptors (Lipinski definition) is 6. The molecule has 0 aromatic heterocycles. The Morgan fingerprint density at radius 1 is 0.919 bits per heavy atom. The zero-order valence-electron chi connectivity index (χ0n) is 21.8. The number of methoxy groups -OCH3 is 1. The first-order valence-electron chi connectivity index (χ1n) is 12.5. The van der Waals surface area contributed by atoms with E-state index in [9.17, 15) is 14.4 Å². The highest BCUT2D eigenvalue weighted by Crippen LogP contribution is 2.44. The topological polar surface area (TPSA) is 106 Å². The number of carbonyl (C=O) groups excluding carboxylic acids is 3. The summed E-state index contributed by atoms with van der Waals surface area (Å²) in [6.45, 7) is 6.09. The van der Waals surface area contributed by atoms with Crippen LogP contribution in [0.4, 0.5) is 9.59 Å². The highest BCUT2D eigenvalue weighted by Gasteiger charge is 2.35. The average molecular weight is 510 g/mol. The van der Waals surface area contributed by atoms with Crippen molar-refractivity contribution in [1.29, 1.82) is 0 Å². The SMILES string of the molecule is COCC(=O)N1CC[C@H](NC(=O)OCC2c3ccccc3-c3ccccc32)[C@H](NC(=O)OC(C)(C)C)C1. The molecule has 4 rings (SSSR count). The lowest BCUT2D eigenvalue weighted by Crippen LogP contribution is -2.62. The highest BCUT2D eigenvalue weighted by atomic mass is 16.6. The van der Waals surface area contributed by atoms with Gasteiger partial charge in [0.25, 0.3) is 0 Å². The van der Waals surface area contributed by atoms with E-state index in [1.165, 1.54) is 7.11 Å². The molecule has 0 bridgehead atoms. The standard InChI is InChI=1S/C28H35N3O6/c1-28(2,3)37-27(34)30-24-15-31(25(32)17-35-4)14-13-23(24)29-26(33)36-16-22-20-11-7-5-9-18(20)19-10-6-8-12-21(19)22/h5-12,22-24H,13-17H2,1-4H3,(H,29,33)(H,30,34)/t23-,24+/m0/s1. The zero-order valence-corrected chi connectivity index (χ0v) is 21.8. The van der Waals surface area contributed by atoms with Crippen molar-refractivity contribution in [3.63, 3.8) is 0 Å². The van der Waals surface area contributed by atoms with Crippen molar-refractivity contribution in [1.82, 2.24) is 15.5 Å². The van der Waals surface area contributed by atoms with Crippen molar-refractivity contribution < 1.29 is 28.6 Å². The van der Waals surface area contributed by atoms with Crippen LogP contribution in [0.1, 0.15) is 44.2 Å². The fraction of sp³-hybridized carbons (Fsp3) is 0.464. The van der Waals surface area contributed by atoms with Crippen LogP contribution in [0.2, 0.25) is 0 Å². The normalized spacial score (nSPS) is 19.0.